The Labute approximate surface area is 219 Å². The SMILES string of the molecule is Cc1ccc(-n2c(SCc3cccc4ccccc34)nc3sc4c(c3c2=O)C[C@H](C(C)C)OC4)cc1. The number of benzene rings is 3. The third-order valence-corrected chi connectivity index (χ3v) is 9.07. The third kappa shape index (κ3) is 4.17. The van der Waals surface area contributed by atoms with E-state index in [1.54, 1.807) is 23.1 Å². The molecule has 1 aliphatic heterocycles. The normalized spacial score (nSPS) is 15.6. The number of aromatic nitrogens is 2. The summed E-state index contributed by atoms with van der Waals surface area (Å²) in [6.45, 7) is 6.97. The zero-order valence-corrected chi connectivity index (χ0v) is 22.3. The molecule has 0 unspecified atom stereocenters. The summed E-state index contributed by atoms with van der Waals surface area (Å²) in [5, 5.41) is 3.95. The summed E-state index contributed by atoms with van der Waals surface area (Å²) in [6, 6.07) is 23.0. The minimum absolute atomic E-state index is 0.0196. The topological polar surface area (TPSA) is 44.1 Å². The molecule has 0 saturated heterocycles. The molecule has 0 N–H and O–H groups in total. The molecular formula is C30H28N2O2S2. The van der Waals surface area contributed by atoms with E-state index < -0.39 is 0 Å². The van der Waals surface area contributed by atoms with Crippen molar-refractivity contribution in [2.24, 2.45) is 5.92 Å². The second-order valence-corrected chi connectivity index (χ2v) is 11.8. The fourth-order valence-corrected chi connectivity index (χ4v) is 7.10. The van der Waals surface area contributed by atoms with Crippen molar-refractivity contribution in [1.29, 1.82) is 0 Å². The molecule has 0 radical (unpaired) electrons. The van der Waals surface area contributed by atoms with E-state index in [0.29, 0.717) is 12.5 Å². The number of hydrogen-bond donors (Lipinski definition) is 0. The Kier molecular flexibility index (Phi) is 6.20. The quantitative estimate of drug-likeness (QED) is 0.183. The summed E-state index contributed by atoms with van der Waals surface area (Å²) in [7, 11) is 0. The largest absolute Gasteiger partial charge is 0.372 e. The Morgan fingerprint density at radius 1 is 1.08 bits per heavy atom. The lowest BCUT2D eigenvalue weighted by molar-refractivity contribution is 0.00200. The van der Waals surface area contributed by atoms with Gasteiger partial charge in [0.1, 0.15) is 4.83 Å². The van der Waals surface area contributed by atoms with Crippen LogP contribution in [0.5, 0.6) is 0 Å². The van der Waals surface area contributed by atoms with Gasteiger partial charge in [-0.05, 0) is 46.9 Å². The predicted molar refractivity (Wildman–Crippen MR) is 151 cm³/mol. The van der Waals surface area contributed by atoms with Gasteiger partial charge in [-0.15, -0.1) is 11.3 Å². The van der Waals surface area contributed by atoms with Gasteiger partial charge in [-0.2, -0.15) is 0 Å². The van der Waals surface area contributed by atoms with E-state index >= 15 is 0 Å². The van der Waals surface area contributed by atoms with Crippen molar-refractivity contribution in [3.8, 4) is 5.69 Å². The van der Waals surface area contributed by atoms with Gasteiger partial charge in [-0.1, -0.05) is 85.8 Å². The second-order valence-electron chi connectivity index (χ2n) is 9.78. The Morgan fingerprint density at radius 3 is 2.67 bits per heavy atom. The smallest absolute Gasteiger partial charge is 0.267 e. The molecule has 6 heteroatoms. The van der Waals surface area contributed by atoms with Crippen molar-refractivity contribution in [2.45, 2.75) is 50.8 Å². The monoisotopic (exact) mass is 512 g/mol. The van der Waals surface area contributed by atoms with Gasteiger partial charge in [-0.25, -0.2) is 4.98 Å². The maximum Gasteiger partial charge on any atom is 0.267 e. The standard InChI is InChI=1S/C30H28N2O2S2/c1-18(2)25-15-24-26(16-34-25)36-28-27(24)29(33)32(22-13-11-19(3)12-14-22)30(31-28)35-17-21-9-6-8-20-7-4-5-10-23(20)21/h4-14,18,25H,15-17H2,1-3H3/t25-/m1/s1. The zero-order chi connectivity index (χ0) is 24.8. The molecule has 1 atom stereocenters. The molecule has 0 aliphatic carbocycles. The molecule has 0 fully saturated rings. The highest BCUT2D eigenvalue weighted by molar-refractivity contribution is 7.98. The van der Waals surface area contributed by atoms with Gasteiger partial charge in [-0.3, -0.25) is 9.36 Å². The molecule has 3 heterocycles. The maximum atomic E-state index is 14.1. The average Bonchev–Trinajstić information content (AvgIpc) is 3.26. The van der Waals surface area contributed by atoms with Gasteiger partial charge in [0.2, 0.25) is 0 Å². The molecule has 3 aromatic carbocycles. The van der Waals surface area contributed by atoms with Gasteiger partial charge in [0.05, 0.1) is 23.8 Å². The van der Waals surface area contributed by atoms with Gasteiger partial charge in [0, 0.05) is 17.1 Å². The van der Waals surface area contributed by atoms with E-state index in [4.69, 9.17) is 9.72 Å². The van der Waals surface area contributed by atoms with Gasteiger partial charge in [0.25, 0.3) is 5.56 Å². The zero-order valence-electron chi connectivity index (χ0n) is 20.7. The van der Waals surface area contributed by atoms with E-state index in [1.165, 1.54) is 16.3 Å². The van der Waals surface area contributed by atoms with Crippen LogP contribution in [-0.2, 0) is 23.5 Å². The molecule has 0 spiro atoms. The van der Waals surface area contributed by atoms with Crippen molar-refractivity contribution in [3.05, 3.63) is 98.7 Å². The molecule has 0 bridgehead atoms. The molecule has 182 valence electrons. The van der Waals surface area contributed by atoms with Crippen LogP contribution in [-0.4, -0.2) is 15.7 Å². The molecule has 36 heavy (non-hydrogen) atoms. The summed E-state index contributed by atoms with van der Waals surface area (Å²) in [6.07, 6.45) is 0.892. The Hall–Kier alpha value is -2.93. The van der Waals surface area contributed by atoms with Crippen molar-refractivity contribution in [1.82, 2.24) is 9.55 Å². The maximum absolute atomic E-state index is 14.1. The van der Waals surface area contributed by atoms with Crippen LogP contribution >= 0.6 is 23.1 Å². The Morgan fingerprint density at radius 2 is 1.86 bits per heavy atom. The molecule has 4 nitrogen and oxygen atoms in total. The molecule has 1 aliphatic rings. The highest BCUT2D eigenvalue weighted by Crippen LogP contribution is 2.37. The van der Waals surface area contributed by atoms with E-state index in [9.17, 15) is 4.79 Å². The summed E-state index contributed by atoms with van der Waals surface area (Å²) in [5.74, 6) is 1.13. The van der Waals surface area contributed by atoms with Crippen molar-refractivity contribution in [3.63, 3.8) is 0 Å². The fourth-order valence-electron chi connectivity index (χ4n) is 4.92. The van der Waals surface area contributed by atoms with Gasteiger partial charge >= 0.3 is 0 Å². The predicted octanol–water partition coefficient (Wildman–Crippen LogP) is 7.30. The first-order chi connectivity index (χ1) is 17.5. The lowest BCUT2D eigenvalue weighted by Crippen LogP contribution is -2.28. The van der Waals surface area contributed by atoms with Crippen LogP contribution in [0.3, 0.4) is 0 Å². The Bertz CT molecular complexity index is 1630. The van der Waals surface area contributed by atoms with Crippen LogP contribution < -0.4 is 5.56 Å². The number of aryl methyl sites for hydroxylation is 1. The van der Waals surface area contributed by atoms with Gasteiger partial charge < -0.3 is 4.74 Å². The van der Waals surface area contributed by atoms with Crippen LogP contribution in [0.25, 0.3) is 26.7 Å². The Balaban J connectivity index is 1.49. The van der Waals surface area contributed by atoms with Crippen LogP contribution in [0.4, 0.5) is 0 Å². The van der Waals surface area contributed by atoms with Crippen molar-refractivity contribution >= 4 is 44.1 Å². The number of nitrogens with zero attached hydrogens (tertiary/aromatic N) is 2. The molecule has 0 amide bonds. The lowest BCUT2D eigenvalue weighted by atomic mass is 9.96. The van der Waals surface area contributed by atoms with E-state index in [0.717, 1.165) is 49.2 Å². The van der Waals surface area contributed by atoms with Crippen LogP contribution in [0.15, 0.2) is 76.7 Å². The highest BCUT2D eigenvalue weighted by Gasteiger charge is 2.28. The summed E-state index contributed by atoms with van der Waals surface area (Å²) < 4.78 is 7.92. The first-order valence-corrected chi connectivity index (χ1v) is 14.1. The first kappa shape index (κ1) is 23.5. The van der Waals surface area contributed by atoms with E-state index in [1.807, 2.05) is 16.7 Å². The number of ether oxygens (including phenoxy) is 1. The molecule has 5 aromatic rings. The molecule has 2 aromatic heterocycles. The van der Waals surface area contributed by atoms with Crippen LogP contribution in [0.2, 0.25) is 0 Å². The van der Waals surface area contributed by atoms with Crippen molar-refractivity contribution in [2.75, 3.05) is 0 Å². The number of fused-ring (bicyclic) bond motifs is 4. The van der Waals surface area contributed by atoms with Gasteiger partial charge in [0.15, 0.2) is 5.16 Å². The summed E-state index contributed by atoms with van der Waals surface area (Å²) in [4.78, 5) is 21.2. The van der Waals surface area contributed by atoms with Crippen LogP contribution in [0, 0.1) is 12.8 Å². The molecular weight excluding hydrogens is 484 g/mol. The number of hydrogen-bond acceptors (Lipinski definition) is 5. The molecule has 0 saturated carbocycles. The summed E-state index contributed by atoms with van der Waals surface area (Å²) >= 11 is 3.23. The lowest BCUT2D eigenvalue weighted by Gasteiger charge is -2.26. The summed E-state index contributed by atoms with van der Waals surface area (Å²) in [5.41, 5.74) is 4.40. The molecule has 6 rings (SSSR count). The minimum atomic E-state index is 0.0196. The first-order valence-electron chi connectivity index (χ1n) is 12.3. The van der Waals surface area contributed by atoms with Crippen molar-refractivity contribution < 1.29 is 4.74 Å². The second kappa shape index (κ2) is 9.51. The van der Waals surface area contributed by atoms with E-state index in [2.05, 4.69) is 75.4 Å². The van der Waals surface area contributed by atoms with Crippen LogP contribution in [0.1, 0.15) is 35.4 Å². The highest BCUT2D eigenvalue weighted by atomic mass is 32.2. The van der Waals surface area contributed by atoms with E-state index in [-0.39, 0.29) is 11.7 Å². The number of thioether (sulfide) groups is 1. The number of thiophene rings is 1. The minimum Gasteiger partial charge on any atom is -0.372 e. The average molecular weight is 513 g/mol. The number of rotatable bonds is 5. The third-order valence-electron chi connectivity index (χ3n) is 6.98. The fraction of sp³-hybridized carbons (Fsp3) is 0.267.